The van der Waals surface area contributed by atoms with E-state index in [1.54, 1.807) is 0 Å². The van der Waals surface area contributed by atoms with Gasteiger partial charge < -0.3 is 15.8 Å². The highest BCUT2D eigenvalue weighted by Gasteiger charge is 2.29. The van der Waals surface area contributed by atoms with Gasteiger partial charge in [0.15, 0.2) is 0 Å². The lowest BCUT2D eigenvalue weighted by atomic mass is 9.77. The average molecular weight is 262 g/mol. The van der Waals surface area contributed by atoms with Crippen LogP contribution in [0.1, 0.15) is 43.9 Å². The van der Waals surface area contributed by atoms with E-state index < -0.39 is 0 Å². The molecule has 0 fully saturated rings. The zero-order valence-corrected chi connectivity index (χ0v) is 12.3. The zero-order valence-electron chi connectivity index (χ0n) is 12.3. The maximum Gasteiger partial charge on any atom is 0.122 e. The number of hydrogen-bond donors (Lipinski definition) is 2. The number of nitrogens with one attached hydrogen (secondary N) is 1. The second kappa shape index (κ2) is 5.93. The van der Waals surface area contributed by atoms with Gasteiger partial charge in [0, 0.05) is 6.04 Å². The Balaban J connectivity index is 2.28. The second-order valence-corrected chi connectivity index (χ2v) is 6.07. The molecule has 0 aromatic heterocycles. The maximum absolute atomic E-state index is 5.75. The van der Waals surface area contributed by atoms with E-state index in [-0.39, 0.29) is 5.41 Å². The smallest absolute Gasteiger partial charge is 0.122 e. The van der Waals surface area contributed by atoms with Gasteiger partial charge in [0.25, 0.3) is 0 Å². The van der Waals surface area contributed by atoms with Crippen LogP contribution in [-0.4, -0.2) is 20.2 Å². The number of benzene rings is 1. The van der Waals surface area contributed by atoms with Crippen molar-refractivity contribution in [2.75, 3.05) is 20.2 Å². The molecule has 0 bridgehead atoms. The molecule has 0 radical (unpaired) electrons. The zero-order chi connectivity index (χ0) is 13.9. The van der Waals surface area contributed by atoms with Crippen LogP contribution in [0.3, 0.4) is 0 Å². The summed E-state index contributed by atoms with van der Waals surface area (Å²) in [6.45, 7) is 6.12. The Morgan fingerprint density at radius 3 is 2.89 bits per heavy atom. The lowest BCUT2D eigenvalue weighted by Gasteiger charge is -2.35. The molecule has 0 aliphatic carbocycles. The van der Waals surface area contributed by atoms with Gasteiger partial charge in [-0.2, -0.15) is 0 Å². The summed E-state index contributed by atoms with van der Waals surface area (Å²) in [5.41, 5.74) is 8.57. The number of ether oxygens (including phenoxy) is 1. The molecule has 3 heteroatoms. The number of nitrogens with two attached hydrogens (primary N) is 1. The van der Waals surface area contributed by atoms with Crippen molar-refractivity contribution in [3.05, 3.63) is 29.3 Å². The van der Waals surface area contributed by atoms with Gasteiger partial charge in [-0.3, -0.25) is 0 Å². The molecular formula is C16H26N2O. The molecule has 1 aliphatic rings. The average Bonchev–Trinajstić information content (AvgIpc) is 2.39. The summed E-state index contributed by atoms with van der Waals surface area (Å²) < 4.78 is 5.68. The van der Waals surface area contributed by atoms with Crippen LogP contribution in [0, 0.1) is 5.41 Å². The SMILES string of the molecule is CNC(c1ccc2c(c1)CCCO2)C(C)(C)CCN. The summed E-state index contributed by atoms with van der Waals surface area (Å²) in [6.07, 6.45) is 3.25. The van der Waals surface area contributed by atoms with Gasteiger partial charge in [-0.25, -0.2) is 0 Å². The number of fused-ring (bicyclic) bond motifs is 1. The van der Waals surface area contributed by atoms with E-state index >= 15 is 0 Å². The van der Waals surface area contributed by atoms with E-state index in [0.29, 0.717) is 6.04 Å². The summed E-state index contributed by atoms with van der Waals surface area (Å²) in [4.78, 5) is 0. The second-order valence-electron chi connectivity index (χ2n) is 6.07. The summed E-state index contributed by atoms with van der Waals surface area (Å²) in [7, 11) is 2.03. The summed E-state index contributed by atoms with van der Waals surface area (Å²) in [5, 5.41) is 3.45. The molecule has 1 aliphatic heterocycles. The first-order valence-corrected chi connectivity index (χ1v) is 7.21. The predicted molar refractivity (Wildman–Crippen MR) is 79.5 cm³/mol. The molecule has 3 nitrogen and oxygen atoms in total. The van der Waals surface area contributed by atoms with Gasteiger partial charge in [0.05, 0.1) is 6.61 Å². The van der Waals surface area contributed by atoms with Crippen LogP contribution < -0.4 is 15.8 Å². The fraction of sp³-hybridized carbons (Fsp3) is 0.625. The highest BCUT2D eigenvalue weighted by atomic mass is 16.5. The fourth-order valence-corrected chi connectivity index (χ4v) is 3.08. The van der Waals surface area contributed by atoms with Crippen molar-refractivity contribution < 1.29 is 4.74 Å². The largest absolute Gasteiger partial charge is 0.493 e. The van der Waals surface area contributed by atoms with Crippen LogP contribution >= 0.6 is 0 Å². The number of hydrogen-bond acceptors (Lipinski definition) is 3. The molecule has 1 unspecified atom stereocenters. The maximum atomic E-state index is 5.75. The van der Waals surface area contributed by atoms with Crippen molar-refractivity contribution in [2.24, 2.45) is 11.1 Å². The van der Waals surface area contributed by atoms with Crippen molar-refractivity contribution in [3.63, 3.8) is 0 Å². The third-order valence-electron chi connectivity index (χ3n) is 4.12. The molecule has 0 spiro atoms. The van der Waals surface area contributed by atoms with Crippen molar-refractivity contribution in [3.8, 4) is 5.75 Å². The Labute approximate surface area is 116 Å². The number of aryl methyl sites for hydroxylation is 1. The molecule has 1 aromatic rings. The van der Waals surface area contributed by atoms with Crippen molar-refractivity contribution in [1.29, 1.82) is 0 Å². The van der Waals surface area contributed by atoms with Crippen molar-refractivity contribution in [2.45, 2.75) is 39.2 Å². The Morgan fingerprint density at radius 1 is 1.42 bits per heavy atom. The van der Waals surface area contributed by atoms with Crippen molar-refractivity contribution in [1.82, 2.24) is 5.32 Å². The minimum Gasteiger partial charge on any atom is -0.493 e. The first kappa shape index (κ1) is 14.4. The van der Waals surface area contributed by atoms with Crippen molar-refractivity contribution >= 4 is 0 Å². The van der Waals surface area contributed by atoms with Gasteiger partial charge in [0.1, 0.15) is 5.75 Å². The molecule has 1 aromatic carbocycles. The first-order chi connectivity index (χ1) is 9.08. The topological polar surface area (TPSA) is 47.3 Å². The molecular weight excluding hydrogens is 236 g/mol. The molecule has 3 N–H and O–H groups in total. The van der Waals surface area contributed by atoms with E-state index in [9.17, 15) is 0 Å². The monoisotopic (exact) mass is 262 g/mol. The van der Waals surface area contributed by atoms with Crippen LogP contribution in [0.2, 0.25) is 0 Å². The van der Waals surface area contributed by atoms with E-state index in [2.05, 4.69) is 37.4 Å². The molecule has 0 saturated carbocycles. The summed E-state index contributed by atoms with van der Waals surface area (Å²) in [5.74, 6) is 1.06. The Hall–Kier alpha value is -1.06. The molecule has 0 amide bonds. The lowest BCUT2D eigenvalue weighted by Crippen LogP contribution is -2.34. The number of rotatable bonds is 5. The van der Waals surface area contributed by atoms with Gasteiger partial charge in [0.2, 0.25) is 0 Å². The van der Waals surface area contributed by atoms with Crippen LogP contribution in [0.4, 0.5) is 0 Å². The molecule has 106 valence electrons. The standard InChI is InChI=1S/C16H26N2O/c1-16(2,8-9-17)15(18-3)13-6-7-14-12(11-13)5-4-10-19-14/h6-7,11,15,18H,4-5,8-10,17H2,1-3H3. The fourth-order valence-electron chi connectivity index (χ4n) is 3.08. The third kappa shape index (κ3) is 3.10. The Bertz CT molecular complexity index is 429. The molecule has 19 heavy (non-hydrogen) atoms. The van der Waals surface area contributed by atoms with E-state index in [1.165, 1.54) is 11.1 Å². The van der Waals surface area contributed by atoms with E-state index in [4.69, 9.17) is 10.5 Å². The van der Waals surface area contributed by atoms with Gasteiger partial charge in [-0.1, -0.05) is 26.0 Å². The Kier molecular flexibility index (Phi) is 4.48. The molecule has 0 saturated heterocycles. The van der Waals surface area contributed by atoms with Gasteiger partial charge in [-0.15, -0.1) is 0 Å². The first-order valence-electron chi connectivity index (χ1n) is 7.21. The van der Waals surface area contributed by atoms with Crippen LogP contribution in [0.15, 0.2) is 18.2 Å². The minimum absolute atomic E-state index is 0.146. The van der Waals surface area contributed by atoms with E-state index in [0.717, 1.165) is 38.2 Å². The highest BCUT2D eigenvalue weighted by Crippen LogP contribution is 2.38. The molecule has 1 heterocycles. The lowest BCUT2D eigenvalue weighted by molar-refractivity contribution is 0.238. The van der Waals surface area contributed by atoms with Gasteiger partial charge >= 0.3 is 0 Å². The van der Waals surface area contributed by atoms with Crippen LogP contribution in [0.25, 0.3) is 0 Å². The molecule has 2 rings (SSSR count). The third-order valence-corrected chi connectivity index (χ3v) is 4.12. The normalized spacial score (nSPS) is 16.6. The van der Waals surface area contributed by atoms with E-state index in [1.807, 2.05) is 7.05 Å². The molecule has 1 atom stereocenters. The summed E-state index contributed by atoms with van der Waals surface area (Å²) >= 11 is 0. The predicted octanol–water partition coefficient (Wildman–Crippen LogP) is 2.65. The quantitative estimate of drug-likeness (QED) is 0.857. The minimum atomic E-state index is 0.146. The summed E-state index contributed by atoms with van der Waals surface area (Å²) in [6, 6.07) is 6.92. The van der Waals surface area contributed by atoms with Crippen LogP contribution in [-0.2, 0) is 6.42 Å². The Morgan fingerprint density at radius 2 is 2.21 bits per heavy atom. The van der Waals surface area contributed by atoms with Crippen LogP contribution in [0.5, 0.6) is 5.75 Å². The van der Waals surface area contributed by atoms with Gasteiger partial charge in [-0.05, 0) is 55.5 Å². The highest BCUT2D eigenvalue weighted by molar-refractivity contribution is 5.40.